The Bertz CT molecular complexity index is 1110. The Labute approximate surface area is 175 Å². The summed E-state index contributed by atoms with van der Waals surface area (Å²) < 4.78 is 13.8. The summed E-state index contributed by atoms with van der Waals surface area (Å²) in [6.45, 7) is 1.87. The first-order valence-corrected chi connectivity index (χ1v) is 10.0. The normalized spacial score (nSPS) is 15.1. The van der Waals surface area contributed by atoms with Gasteiger partial charge in [-0.3, -0.25) is 4.98 Å². The maximum atomic E-state index is 6.04. The Balaban J connectivity index is 1.32. The molecule has 0 aliphatic carbocycles. The molecule has 0 spiro atoms. The highest BCUT2D eigenvalue weighted by molar-refractivity contribution is 5.62. The standard InChI is InChI=1S/C24H22N4O2/c1-2-8-20(9-3-1)28-16-19(24(27-28)18-7-6-12-25-13-18)14-26-15-21-17-29-22-10-4-5-11-23(22)30-21/h1-13,16,21,26H,14-15,17H2. The van der Waals surface area contributed by atoms with Crippen LogP contribution in [0.3, 0.4) is 0 Å². The van der Waals surface area contributed by atoms with E-state index in [1.165, 1.54) is 0 Å². The third-order valence-electron chi connectivity index (χ3n) is 5.00. The van der Waals surface area contributed by atoms with Crippen LogP contribution >= 0.6 is 0 Å². The fourth-order valence-corrected chi connectivity index (χ4v) is 3.53. The highest BCUT2D eigenvalue weighted by Crippen LogP contribution is 2.30. The number of aromatic nitrogens is 3. The molecule has 5 rings (SSSR count). The number of nitrogens with one attached hydrogen (secondary N) is 1. The molecule has 1 aliphatic rings. The number of para-hydroxylation sites is 3. The van der Waals surface area contributed by atoms with E-state index in [0.29, 0.717) is 19.7 Å². The molecule has 6 nitrogen and oxygen atoms in total. The van der Waals surface area contributed by atoms with Crippen molar-refractivity contribution in [3.05, 3.63) is 90.9 Å². The molecule has 0 bridgehead atoms. The number of nitrogens with zero attached hydrogens (tertiary/aromatic N) is 3. The van der Waals surface area contributed by atoms with Crippen LogP contribution in [-0.4, -0.2) is 34.0 Å². The maximum Gasteiger partial charge on any atom is 0.161 e. The number of pyridine rings is 1. The van der Waals surface area contributed by atoms with Gasteiger partial charge >= 0.3 is 0 Å². The van der Waals surface area contributed by atoms with E-state index in [9.17, 15) is 0 Å². The summed E-state index contributed by atoms with van der Waals surface area (Å²) in [5.74, 6) is 1.60. The van der Waals surface area contributed by atoms with Gasteiger partial charge in [0.2, 0.25) is 0 Å². The van der Waals surface area contributed by atoms with E-state index in [2.05, 4.69) is 16.5 Å². The van der Waals surface area contributed by atoms with Gasteiger partial charge < -0.3 is 14.8 Å². The van der Waals surface area contributed by atoms with Gasteiger partial charge in [0.25, 0.3) is 0 Å². The van der Waals surface area contributed by atoms with Crippen LogP contribution in [0.4, 0.5) is 0 Å². The molecular formula is C24H22N4O2. The molecule has 0 radical (unpaired) electrons. The van der Waals surface area contributed by atoms with Crippen molar-refractivity contribution < 1.29 is 9.47 Å². The minimum atomic E-state index is -0.0362. The lowest BCUT2D eigenvalue weighted by molar-refractivity contribution is 0.0902. The van der Waals surface area contributed by atoms with Crippen molar-refractivity contribution in [2.24, 2.45) is 0 Å². The number of rotatable bonds is 6. The van der Waals surface area contributed by atoms with E-state index >= 15 is 0 Å². The van der Waals surface area contributed by atoms with Crippen LogP contribution in [-0.2, 0) is 6.54 Å². The average Bonchev–Trinajstić information content (AvgIpc) is 3.24. The summed E-state index contributed by atoms with van der Waals surface area (Å²) >= 11 is 0. The smallest absolute Gasteiger partial charge is 0.161 e. The van der Waals surface area contributed by atoms with Gasteiger partial charge in [0.1, 0.15) is 12.7 Å². The molecule has 30 heavy (non-hydrogen) atoms. The van der Waals surface area contributed by atoms with Crippen LogP contribution in [0.2, 0.25) is 0 Å². The number of benzene rings is 2. The van der Waals surface area contributed by atoms with Crippen LogP contribution in [0.25, 0.3) is 16.9 Å². The molecule has 4 aromatic rings. The van der Waals surface area contributed by atoms with Gasteiger partial charge in [0.05, 0.1) is 11.4 Å². The van der Waals surface area contributed by atoms with E-state index in [-0.39, 0.29) is 6.10 Å². The summed E-state index contributed by atoms with van der Waals surface area (Å²) in [5, 5.41) is 8.33. The molecule has 1 unspecified atom stereocenters. The Kier molecular flexibility index (Phi) is 5.14. The van der Waals surface area contributed by atoms with Gasteiger partial charge in [-0.25, -0.2) is 4.68 Å². The molecular weight excluding hydrogens is 376 g/mol. The lowest BCUT2D eigenvalue weighted by Crippen LogP contribution is -2.38. The van der Waals surface area contributed by atoms with Gasteiger partial charge in [-0.1, -0.05) is 30.3 Å². The van der Waals surface area contributed by atoms with Crippen LogP contribution in [0.1, 0.15) is 5.56 Å². The Morgan fingerprint density at radius 2 is 1.80 bits per heavy atom. The molecule has 3 heterocycles. The zero-order chi connectivity index (χ0) is 20.2. The minimum absolute atomic E-state index is 0.0362. The molecule has 1 atom stereocenters. The van der Waals surface area contributed by atoms with Crippen molar-refractivity contribution in [1.29, 1.82) is 0 Å². The number of hydrogen-bond donors (Lipinski definition) is 1. The number of fused-ring (bicyclic) bond motifs is 1. The summed E-state index contributed by atoms with van der Waals surface area (Å²) in [4.78, 5) is 4.25. The fraction of sp³-hybridized carbons (Fsp3) is 0.167. The highest BCUT2D eigenvalue weighted by atomic mass is 16.6. The van der Waals surface area contributed by atoms with Crippen molar-refractivity contribution >= 4 is 0 Å². The first kappa shape index (κ1) is 18.4. The van der Waals surface area contributed by atoms with Crippen LogP contribution in [0, 0.1) is 0 Å². The monoisotopic (exact) mass is 398 g/mol. The van der Waals surface area contributed by atoms with Crippen molar-refractivity contribution in [3.63, 3.8) is 0 Å². The molecule has 150 valence electrons. The lowest BCUT2D eigenvalue weighted by Gasteiger charge is -2.26. The predicted molar refractivity (Wildman–Crippen MR) is 115 cm³/mol. The van der Waals surface area contributed by atoms with Gasteiger partial charge in [0.15, 0.2) is 11.5 Å². The first-order chi connectivity index (χ1) is 14.9. The summed E-state index contributed by atoms with van der Waals surface area (Å²) in [7, 11) is 0. The second-order valence-electron chi connectivity index (χ2n) is 7.15. The van der Waals surface area contributed by atoms with E-state index < -0.39 is 0 Å². The molecule has 0 amide bonds. The third-order valence-corrected chi connectivity index (χ3v) is 5.00. The van der Waals surface area contributed by atoms with E-state index in [1.807, 2.05) is 77.6 Å². The van der Waals surface area contributed by atoms with Gasteiger partial charge in [-0.15, -0.1) is 0 Å². The van der Waals surface area contributed by atoms with Gasteiger partial charge in [-0.05, 0) is 36.4 Å². The second-order valence-corrected chi connectivity index (χ2v) is 7.15. The first-order valence-electron chi connectivity index (χ1n) is 10.0. The van der Waals surface area contributed by atoms with Gasteiger partial charge in [-0.2, -0.15) is 5.10 Å². The van der Waals surface area contributed by atoms with Gasteiger partial charge in [0, 0.05) is 42.8 Å². The fourth-order valence-electron chi connectivity index (χ4n) is 3.53. The van der Waals surface area contributed by atoms with E-state index in [4.69, 9.17) is 14.6 Å². The number of hydrogen-bond acceptors (Lipinski definition) is 5. The van der Waals surface area contributed by atoms with E-state index in [0.717, 1.165) is 34.0 Å². The largest absolute Gasteiger partial charge is 0.486 e. The highest BCUT2D eigenvalue weighted by Gasteiger charge is 2.20. The molecule has 6 heteroatoms. The maximum absolute atomic E-state index is 6.04. The quantitative estimate of drug-likeness (QED) is 0.534. The molecule has 2 aromatic heterocycles. The summed E-state index contributed by atoms with van der Waals surface area (Å²) in [6, 6.07) is 21.8. The molecule has 0 saturated heterocycles. The Hall–Kier alpha value is -3.64. The SMILES string of the molecule is c1ccc(-n2cc(CNCC3COc4ccccc4O3)c(-c3cccnc3)n2)cc1. The molecule has 1 N–H and O–H groups in total. The van der Waals surface area contributed by atoms with Crippen LogP contribution < -0.4 is 14.8 Å². The second kappa shape index (κ2) is 8.39. The topological polar surface area (TPSA) is 61.2 Å². The summed E-state index contributed by atoms with van der Waals surface area (Å²) in [5.41, 5.74) is 4.04. The van der Waals surface area contributed by atoms with Crippen LogP contribution in [0.15, 0.2) is 85.3 Å². The van der Waals surface area contributed by atoms with Crippen molar-refractivity contribution in [2.75, 3.05) is 13.2 Å². The predicted octanol–water partition coefficient (Wildman–Crippen LogP) is 3.86. The summed E-state index contributed by atoms with van der Waals surface area (Å²) in [6.07, 6.45) is 5.65. The third kappa shape index (κ3) is 3.90. The lowest BCUT2D eigenvalue weighted by atomic mass is 10.1. The Morgan fingerprint density at radius 3 is 2.63 bits per heavy atom. The average molecular weight is 398 g/mol. The Morgan fingerprint density at radius 1 is 0.967 bits per heavy atom. The van der Waals surface area contributed by atoms with Crippen molar-refractivity contribution in [2.45, 2.75) is 12.6 Å². The molecule has 1 aliphatic heterocycles. The van der Waals surface area contributed by atoms with Crippen molar-refractivity contribution in [1.82, 2.24) is 20.1 Å². The molecule has 0 fully saturated rings. The molecule has 2 aromatic carbocycles. The minimum Gasteiger partial charge on any atom is -0.486 e. The molecule has 0 saturated carbocycles. The van der Waals surface area contributed by atoms with E-state index in [1.54, 1.807) is 6.20 Å². The zero-order valence-electron chi connectivity index (χ0n) is 16.4. The number of ether oxygens (including phenoxy) is 2. The zero-order valence-corrected chi connectivity index (χ0v) is 16.4. The van der Waals surface area contributed by atoms with Crippen molar-refractivity contribution in [3.8, 4) is 28.4 Å². The van der Waals surface area contributed by atoms with Crippen LogP contribution in [0.5, 0.6) is 11.5 Å².